The van der Waals surface area contributed by atoms with Crippen molar-refractivity contribution >= 4 is 5.91 Å². The van der Waals surface area contributed by atoms with E-state index in [4.69, 9.17) is 0 Å². The van der Waals surface area contributed by atoms with Crippen molar-refractivity contribution in [3.63, 3.8) is 0 Å². The third-order valence-electron chi connectivity index (χ3n) is 5.14. The molecule has 1 aliphatic carbocycles. The number of aromatic nitrogens is 3. The van der Waals surface area contributed by atoms with Gasteiger partial charge in [0.25, 0.3) is 0 Å². The number of nitrogens with one attached hydrogen (secondary N) is 1. The molecule has 2 atom stereocenters. The standard InChI is InChI=1S/C20H27N5O/c1-14(2)12-24-13-15(10-23-24)9-22-18-8-19(26)25(17-5-6-17)20(18)16-4-3-7-21-11-16/h3-4,7,10-11,13-14,17-18,20,22H,5-6,8-9,12H2,1-2H3/t18-,20+/m1/s1. The molecule has 138 valence electrons. The van der Waals surface area contributed by atoms with Crippen LogP contribution in [-0.2, 0) is 17.9 Å². The average Bonchev–Trinajstić information content (AvgIpc) is 3.27. The van der Waals surface area contributed by atoms with Crippen LogP contribution in [0.15, 0.2) is 36.9 Å². The Labute approximate surface area is 154 Å². The Kier molecular flexibility index (Phi) is 4.76. The largest absolute Gasteiger partial charge is 0.331 e. The van der Waals surface area contributed by atoms with E-state index in [2.05, 4.69) is 46.4 Å². The molecule has 2 aliphatic rings. The number of carbonyl (C=O) groups excluding carboxylic acids is 1. The molecule has 1 aliphatic heterocycles. The van der Waals surface area contributed by atoms with Gasteiger partial charge in [-0.2, -0.15) is 5.10 Å². The van der Waals surface area contributed by atoms with Crippen LogP contribution in [0.3, 0.4) is 0 Å². The fraction of sp³-hybridized carbons (Fsp3) is 0.550. The summed E-state index contributed by atoms with van der Waals surface area (Å²) in [5.41, 5.74) is 2.28. The van der Waals surface area contributed by atoms with Crippen LogP contribution in [0.25, 0.3) is 0 Å². The summed E-state index contributed by atoms with van der Waals surface area (Å²) in [6.45, 7) is 6.03. The Hall–Kier alpha value is -2.21. The molecule has 1 saturated carbocycles. The molecule has 1 amide bonds. The molecule has 3 heterocycles. The predicted octanol–water partition coefficient (Wildman–Crippen LogP) is 2.53. The van der Waals surface area contributed by atoms with Crippen molar-refractivity contribution in [2.24, 2.45) is 5.92 Å². The highest BCUT2D eigenvalue weighted by atomic mass is 16.2. The number of amides is 1. The molecule has 2 aromatic rings. The van der Waals surface area contributed by atoms with E-state index < -0.39 is 0 Å². The van der Waals surface area contributed by atoms with Crippen molar-refractivity contribution in [1.29, 1.82) is 0 Å². The number of hydrogen-bond donors (Lipinski definition) is 1. The van der Waals surface area contributed by atoms with Crippen LogP contribution in [-0.4, -0.2) is 37.7 Å². The van der Waals surface area contributed by atoms with E-state index in [0.29, 0.717) is 18.4 Å². The highest BCUT2D eigenvalue weighted by Gasteiger charge is 2.47. The molecule has 1 saturated heterocycles. The minimum absolute atomic E-state index is 0.0782. The first-order chi connectivity index (χ1) is 12.6. The van der Waals surface area contributed by atoms with E-state index in [9.17, 15) is 4.79 Å². The molecule has 1 N–H and O–H groups in total. The van der Waals surface area contributed by atoms with E-state index in [-0.39, 0.29) is 18.0 Å². The minimum atomic E-state index is 0.0782. The topological polar surface area (TPSA) is 63.1 Å². The van der Waals surface area contributed by atoms with Gasteiger partial charge in [0.15, 0.2) is 0 Å². The Bertz CT molecular complexity index is 753. The Morgan fingerprint density at radius 1 is 1.31 bits per heavy atom. The number of hydrogen-bond acceptors (Lipinski definition) is 4. The fourth-order valence-electron chi connectivity index (χ4n) is 3.89. The van der Waals surface area contributed by atoms with Crippen molar-refractivity contribution in [3.8, 4) is 0 Å². The van der Waals surface area contributed by atoms with Crippen LogP contribution < -0.4 is 5.32 Å². The van der Waals surface area contributed by atoms with E-state index in [1.165, 1.54) is 0 Å². The first-order valence-electron chi connectivity index (χ1n) is 9.57. The summed E-state index contributed by atoms with van der Waals surface area (Å²) in [7, 11) is 0. The SMILES string of the molecule is CC(C)Cn1cc(CN[C@@H]2CC(=O)N(C3CC3)[C@H]2c2cccnc2)cn1. The summed E-state index contributed by atoms with van der Waals surface area (Å²) in [6, 6.07) is 4.64. The minimum Gasteiger partial charge on any atom is -0.331 e. The van der Waals surface area contributed by atoms with Crippen LogP contribution in [0.1, 0.15) is 50.3 Å². The van der Waals surface area contributed by atoms with Crippen LogP contribution in [0.5, 0.6) is 0 Å². The third-order valence-corrected chi connectivity index (χ3v) is 5.14. The lowest BCUT2D eigenvalue weighted by Gasteiger charge is -2.29. The van der Waals surface area contributed by atoms with Crippen molar-refractivity contribution in [2.45, 2.75) is 64.3 Å². The Balaban J connectivity index is 1.47. The van der Waals surface area contributed by atoms with Crippen molar-refractivity contribution in [2.75, 3.05) is 0 Å². The zero-order valence-corrected chi connectivity index (χ0v) is 15.5. The molecule has 2 fully saturated rings. The monoisotopic (exact) mass is 353 g/mol. The number of pyridine rings is 1. The maximum atomic E-state index is 12.6. The summed E-state index contributed by atoms with van der Waals surface area (Å²) >= 11 is 0. The van der Waals surface area contributed by atoms with Gasteiger partial charge in [0.05, 0.1) is 12.2 Å². The van der Waals surface area contributed by atoms with Crippen molar-refractivity contribution in [3.05, 3.63) is 48.0 Å². The number of carbonyl (C=O) groups is 1. The van der Waals surface area contributed by atoms with E-state index in [0.717, 1.165) is 37.1 Å². The van der Waals surface area contributed by atoms with Gasteiger partial charge >= 0.3 is 0 Å². The predicted molar refractivity (Wildman–Crippen MR) is 99.2 cm³/mol. The number of nitrogens with zero attached hydrogens (tertiary/aromatic N) is 4. The van der Waals surface area contributed by atoms with Gasteiger partial charge in [-0.1, -0.05) is 19.9 Å². The molecule has 0 unspecified atom stereocenters. The van der Waals surface area contributed by atoms with Gasteiger partial charge < -0.3 is 10.2 Å². The van der Waals surface area contributed by atoms with Gasteiger partial charge in [-0.05, 0) is 30.4 Å². The smallest absolute Gasteiger partial charge is 0.225 e. The molecule has 6 nitrogen and oxygen atoms in total. The molecule has 2 aromatic heterocycles. The van der Waals surface area contributed by atoms with Gasteiger partial charge in [-0.15, -0.1) is 0 Å². The molecule has 0 aromatic carbocycles. The highest BCUT2D eigenvalue weighted by Crippen LogP contribution is 2.41. The lowest BCUT2D eigenvalue weighted by molar-refractivity contribution is -0.129. The Morgan fingerprint density at radius 3 is 2.85 bits per heavy atom. The molecular formula is C20H27N5O. The summed E-state index contributed by atoms with van der Waals surface area (Å²) in [5, 5.41) is 8.05. The second kappa shape index (κ2) is 7.19. The van der Waals surface area contributed by atoms with Crippen molar-refractivity contribution < 1.29 is 4.79 Å². The number of rotatable bonds is 7. The van der Waals surface area contributed by atoms with Crippen molar-refractivity contribution in [1.82, 2.24) is 25.0 Å². The molecule has 0 bridgehead atoms. The maximum Gasteiger partial charge on any atom is 0.225 e. The van der Waals surface area contributed by atoms with Gasteiger partial charge in [0.2, 0.25) is 5.91 Å². The summed E-state index contributed by atoms with van der Waals surface area (Å²) < 4.78 is 2.00. The van der Waals surface area contributed by atoms with Crippen LogP contribution in [0.2, 0.25) is 0 Å². The highest BCUT2D eigenvalue weighted by molar-refractivity contribution is 5.81. The molecular weight excluding hydrogens is 326 g/mol. The van der Waals surface area contributed by atoms with Gasteiger partial charge in [-0.25, -0.2) is 0 Å². The molecule has 4 rings (SSSR count). The first kappa shape index (κ1) is 17.2. The number of likely N-dealkylation sites (tertiary alicyclic amines) is 1. The second-order valence-electron chi connectivity index (χ2n) is 7.92. The van der Waals surface area contributed by atoms with Gasteiger partial charge in [0.1, 0.15) is 0 Å². The zero-order chi connectivity index (χ0) is 18.1. The van der Waals surface area contributed by atoms with Crippen LogP contribution in [0.4, 0.5) is 0 Å². The normalized spacial score (nSPS) is 23.2. The van der Waals surface area contributed by atoms with E-state index in [1.807, 2.05) is 23.1 Å². The summed E-state index contributed by atoms with van der Waals surface area (Å²) in [6.07, 6.45) is 10.5. The third kappa shape index (κ3) is 3.65. The maximum absolute atomic E-state index is 12.6. The van der Waals surface area contributed by atoms with Crippen LogP contribution in [0, 0.1) is 5.92 Å². The zero-order valence-electron chi connectivity index (χ0n) is 15.5. The van der Waals surface area contributed by atoms with E-state index in [1.54, 1.807) is 6.20 Å². The summed E-state index contributed by atoms with van der Waals surface area (Å²) in [5.74, 6) is 0.833. The Morgan fingerprint density at radius 2 is 2.15 bits per heavy atom. The lowest BCUT2D eigenvalue weighted by atomic mass is 10.0. The first-order valence-corrected chi connectivity index (χ1v) is 9.57. The summed E-state index contributed by atoms with van der Waals surface area (Å²) in [4.78, 5) is 19.0. The molecule has 6 heteroatoms. The quantitative estimate of drug-likeness (QED) is 0.831. The van der Waals surface area contributed by atoms with Gasteiger partial charge in [-0.3, -0.25) is 14.5 Å². The second-order valence-corrected chi connectivity index (χ2v) is 7.92. The van der Waals surface area contributed by atoms with Crippen LogP contribution >= 0.6 is 0 Å². The molecule has 0 spiro atoms. The van der Waals surface area contributed by atoms with E-state index >= 15 is 0 Å². The average molecular weight is 353 g/mol. The molecule has 26 heavy (non-hydrogen) atoms. The van der Waals surface area contributed by atoms with Gasteiger partial charge in [0, 0.05) is 55.7 Å². The fourth-order valence-corrected chi connectivity index (χ4v) is 3.89. The lowest BCUT2D eigenvalue weighted by Crippen LogP contribution is -2.37. The molecule has 0 radical (unpaired) electrons.